The molecule has 0 aliphatic heterocycles. The van der Waals surface area contributed by atoms with Crippen molar-refractivity contribution < 1.29 is 4.74 Å². The summed E-state index contributed by atoms with van der Waals surface area (Å²) < 4.78 is 5.89. The maximum absolute atomic E-state index is 5.89. The minimum atomic E-state index is 0.0930. The van der Waals surface area contributed by atoms with Crippen LogP contribution in [0.5, 0.6) is 0 Å². The van der Waals surface area contributed by atoms with Crippen LogP contribution >= 0.6 is 11.3 Å². The molecule has 2 aromatic rings. The standard InChI is InChI=1S/C17H24N2OS/c1-13(2)9-18-10-17-19-16(12-21-17)11-20-14(3)15-7-5-4-6-8-15/h4-8,12-14,18H,9-11H2,1-3H3. The van der Waals surface area contributed by atoms with Crippen LogP contribution in [-0.4, -0.2) is 11.5 Å². The Hall–Kier alpha value is -1.23. The highest BCUT2D eigenvalue weighted by Gasteiger charge is 2.07. The highest BCUT2D eigenvalue weighted by atomic mass is 32.1. The first-order valence-electron chi connectivity index (χ1n) is 7.45. The van der Waals surface area contributed by atoms with E-state index in [4.69, 9.17) is 4.74 Å². The van der Waals surface area contributed by atoms with E-state index in [1.807, 2.05) is 18.2 Å². The first-order chi connectivity index (χ1) is 10.1. The van der Waals surface area contributed by atoms with Gasteiger partial charge in [-0.2, -0.15) is 0 Å². The third-order valence-corrected chi connectivity index (χ3v) is 4.08. The predicted octanol–water partition coefficient (Wildman–Crippen LogP) is 4.17. The Kier molecular flexibility index (Phi) is 6.36. The van der Waals surface area contributed by atoms with Crippen LogP contribution in [-0.2, 0) is 17.9 Å². The molecular weight excluding hydrogens is 280 g/mol. The number of nitrogens with zero attached hydrogens (tertiary/aromatic N) is 1. The van der Waals surface area contributed by atoms with Crippen molar-refractivity contribution in [2.45, 2.75) is 40.0 Å². The summed E-state index contributed by atoms with van der Waals surface area (Å²) in [4.78, 5) is 4.60. The molecule has 2 rings (SSSR count). The number of hydrogen-bond donors (Lipinski definition) is 1. The predicted molar refractivity (Wildman–Crippen MR) is 88.3 cm³/mol. The minimum Gasteiger partial charge on any atom is -0.367 e. The molecule has 114 valence electrons. The third-order valence-electron chi connectivity index (χ3n) is 3.18. The lowest BCUT2D eigenvalue weighted by Gasteiger charge is -2.12. The molecule has 3 nitrogen and oxygen atoms in total. The molecule has 0 saturated heterocycles. The summed E-state index contributed by atoms with van der Waals surface area (Å²) in [5, 5.41) is 6.63. The molecule has 1 atom stereocenters. The molecule has 4 heteroatoms. The summed E-state index contributed by atoms with van der Waals surface area (Å²) in [5.74, 6) is 0.666. The second-order valence-corrected chi connectivity index (χ2v) is 6.56. The molecule has 0 saturated carbocycles. The average molecular weight is 304 g/mol. The highest BCUT2D eigenvalue weighted by molar-refractivity contribution is 7.09. The molecule has 21 heavy (non-hydrogen) atoms. The number of rotatable bonds is 8. The van der Waals surface area contributed by atoms with Crippen LogP contribution in [0, 0.1) is 5.92 Å². The van der Waals surface area contributed by atoms with Crippen LogP contribution in [0.1, 0.15) is 43.1 Å². The topological polar surface area (TPSA) is 34.2 Å². The first-order valence-corrected chi connectivity index (χ1v) is 8.33. The summed E-state index contributed by atoms with van der Waals surface area (Å²) in [6, 6.07) is 10.3. The number of thiazole rings is 1. The van der Waals surface area contributed by atoms with Crippen molar-refractivity contribution in [3.63, 3.8) is 0 Å². The first kappa shape index (κ1) is 16.1. The molecule has 1 aromatic heterocycles. The Bertz CT molecular complexity index is 525. The van der Waals surface area contributed by atoms with Crippen LogP contribution in [0.4, 0.5) is 0 Å². The monoisotopic (exact) mass is 304 g/mol. The summed E-state index contributed by atoms with van der Waals surface area (Å²) in [7, 11) is 0. The summed E-state index contributed by atoms with van der Waals surface area (Å²) in [6.45, 7) is 8.93. The summed E-state index contributed by atoms with van der Waals surface area (Å²) in [6.07, 6.45) is 0.0930. The van der Waals surface area contributed by atoms with Gasteiger partial charge in [-0.05, 0) is 24.9 Å². The van der Waals surface area contributed by atoms with Crippen LogP contribution in [0.2, 0.25) is 0 Å². The zero-order chi connectivity index (χ0) is 15.1. The van der Waals surface area contributed by atoms with E-state index in [2.05, 4.69) is 48.6 Å². The minimum absolute atomic E-state index is 0.0930. The van der Waals surface area contributed by atoms with Gasteiger partial charge < -0.3 is 10.1 Å². The molecule has 0 bridgehead atoms. The second-order valence-electron chi connectivity index (χ2n) is 5.62. The molecule has 0 aliphatic rings. The number of nitrogens with one attached hydrogen (secondary N) is 1. The normalized spacial score (nSPS) is 12.8. The third kappa shape index (κ3) is 5.58. The summed E-state index contributed by atoms with van der Waals surface area (Å²) >= 11 is 1.70. The number of benzene rings is 1. The molecule has 1 N–H and O–H groups in total. The molecule has 1 heterocycles. The lowest BCUT2D eigenvalue weighted by Crippen LogP contribution is -2.18. The van der Waals surface area contributed by atoms with E-state index in [0.29, 0.717) is 12.5 Å². The molecule has 1 unspecified atom stereocenters. The molecule has 0 fully saturated rings. The van der Waals surface area contributed by atoms with Crippen LogP contribution in [0.25, 0.3) is 0 Å². The van der Waals surface area contributed by atoms with Crippen molar-refractivity contribution in [3.8, 4) is 0 Å². The fourth-order valence-corrected chi connectivity index (χ4v) is 2.74. The Morgan fingerprint density at radius 3 is 2.67 bits per heavy atom. The second kappa shape index (κ2) is 8.27. The van der Waals surface area contributed by atoms with Crippen molar-refractivity contribution >= 4 is 11.3 Å². The fraction of sp³-hybridized carbons (Fsp3) is 0.471. The van der Waals surface area contributed by atoms with Gasteiger partial charge in [0.05, 0.1) is 18.4 Å². The lowest BCUT2D eigenvalue weighted by atomic mass is 10.1. The molecule has 0 aliphatic carbocycles. The quantitative estimate of drug-likeness (QED) is 0.795. The average Bonchev–Trinajstić information content (AvgIpc) is 2.93. The molecule has 0 spiro atoms. The molecule has 0 amide bonds. The Labute approximate surface area is 131 Å². The number of ether oxygens (including phenoxy) is 1. The lowest BCUT2D eigenvalue weighted by molar-refractivity contribution is 0.0507. The van der Waals surface area contributed by atoms with Crippen LogP contribution < -0.4 is 5.32 Å². The van der Waals surface area contributed by atoms with Gasteiger partial charge in [-0.15, -0.1) is 11.3 Å². The molecule has 0 radical (unpaired) electrons. The number of hydrogen-bond acceptors (Lipinski definition) is 4. The van der Waals surface area contributed by atoms with Crippen molar-refractivity contribution in [2.75, 3.05) is 6.54 Å². The summed E-state index contributed by atoms with van der Waals surface area (Å²) in [5.41, 5.74) is 2.22. The van der Waals surface area contributed by atoms with E-state index < -0.39 is 0 Å². The zero-order valence-electron chi connectivity index (χ0n) is 13.0. The highest BCUT2D eigenvalue weighted by Crippen LogP contribution is 2.19. The van der Waals surface area contributed by atoms with Gasteiger partial charge >= 0.3 is 0 Å². The van der Waals surface area contributed by atoms with E-state index in [0.717, 1.165) is 23.8 Å². The zero-order valence-corrected chi connectivity index (χ0v) is 13.8. The largest absolute Gasteiger partial charge is 0.367 e. The fourth-order valence-electron chi connectivity index (χ4n) is 1.99. The van der Waals surface area contributed by atoms with Gasteiger partial charge in [0.15, 0.2) is 0 Å². The van der Waals surface area contributed by atoms with Gasteiger partial charge in [-0.1, -0.05) is 44.2 Å². The van der Waals surface area contributed by atoms with Crippen molar-refractivity contribution in [1.29, 1.82) is 0 Å². The van der Waals surface area contributed by atoms with Gasteiger partial charge in [0.1, 0.15) is 5.01 Å². The van der Waals surface area contributed by atoms with Gasteiger partial charge in [-0.3, -0.25) is 0 Å². The van der Waals surface area contributed by atoms with Crippen molar-refractivity contribution in [1.82, 2.24) is 10.3 Å². The van der Waals surface area contributed by atoms with Crippen LogP contribution in [0.3, 0.4) is 0 Å². The maximum Gasteiger partial charge on any atom is 0.107 e. The van der Waals surface area contributed by atoms with Gasteiger partial charge in [0.25, 0.3) is 0 Å². The van der Waals surface area contributed by atoms with E-state index in [1.165, 1.54) is 5.56 Å². The van der Waals surface area contributed by atoms with E-state index in [9.17, 15) is 0 Å². The Morgan fingerprint density at radius 2 is 1.95 bits per heavy atom. The molecular formula is C17H24N2OS. The Balaban J connectivity index is 1.77. The van der Waals surface area contributed by atoms with Crippen molar-refractivity contribution in [3.05, 3.63) is 52.0 Å². The number of aromatic nitrogens is 1. The van der Waals surface area contributed by atoms with E-state index in [-0.39, 0.29) is 6.10 Å². The maximum atomic E-state index is 5.89. The smallest absolute Gasteiger partial charge is 0.107 e. The Morgan fingerprint density at radius 1 is 1.19 bits per heavy atom. The van der Waals surface area contributed by atoms with E-state index >= 15 is 0 Å². The van der Waals surface area contributed by atoms with Crippen molar-refractivity contribution in [2.24, 2.45) is 5.92 Å². The van der Waals surface area contributed by atoms with Crippen LogP contribution in [0.15, 0.2) is 35.7 Å². The van der Waals surface area contributed by atoms with Gasteiger partial charge in [0, 0.05) is 11.9 Å². The molecule has 1 aromatic carbocycles. The SMILES string of the molecule is CC(C)CNCc1nc(COC(C)c2ccccc2)cs1. The van der Waals surface area contributed by atoms with E-state index in [1.54, 1.807) is 11.3 Å². The van der Waals surface area contributed by atoms with Gasteiger partial charge in [0.2, 0.25) is 0 Å². The van der Waals surface area contributed by atoms with Gasteiger partial charge in [-0.25, -0.2) is 4.98 Å².